The molecule has 0 radical (unpaired) electrons. The third-order valence-electron chi connectivity index (χ3n) is 3.48. The summed E-state index contributed by atoms with van der Waals surface area (Å²) in [5.74, 6) is 0.668. The van der Waals surface area contributed by atoms with E-state index in [0.29, 0.717) is 6.04 Å². The van der Waals surface area contributed by atoms with Crippen molar-refractivity contribution in [2.45, 2.75) is 32.2 Å². The average molecular weight is 262 g/mol. The van der Waals surface area contributed by atoms with Crippen molar-refractivity contribution in [2.24, 2.45) is 0 Å². The molecule has 1 amide bonds. The van der Waals surface area contributed by atoms with Crippen molar-refractivity contribution in [3.8, 4) is 5.75 Å². The number of rotatable bonds is 6. The molecule has 1 aromatic carbocycles. The lowest BCUT2D eigenvalue weighted by Crippen LogP contribution is -2.24. The summed E-state index contributed by atoms with van der Waals surface area (Å²) >= 11 is 0. The Morgan fingerprint density at radius 1 is 1.47 bits per heavy atom. The zero-order valence-corrected chi connectivity index (χ0v) is 11.7. The van der Waals surface area contributed by atoms with Crippen LogP contribution in [0.25, 0.3) is 0 Å². The maximum Gasteiger partial charge on any atom is 0.257 e. The van der Waals surface area contributed by atoms with Gasteiger partial charge in [0, 0.05) is 13.1 Å². The Morgan fingerprint density at radius 2 is 2.32 bits per heavy atom. The zero-order valence-electron chi connectivity index (χ0n) is 11.7. The minimum atomic E-state index is -0.108. The Hall–Kier alpha value is -1.55. The lowest BCUT2D eigenvalue weighted by Gasteiger charge is -2.13. The van der Waals surface area contributed by atoms with Gasteiger partial charge in [0.15, 0.2) is 6.61 Å². The Balaban J connectivity index is 1.99. The molecule has 2 N–H and O–H groups in total. The zero-order chi connectivity index (χ0) is 13.7. The Kier molecular flexibility index (Phi) is 4.80. The molecule has 0 saturated heterocycles. The molecule has 1 atom stereocenters. The Labute approximate surface area is 114 Å². The molecule has 1 aliphatic carbocycles. The van der Waals surface area contributed by atoms with Crippen LogP contribution >= 0.6 is 0 Å². The van der Waals surface area contributed by atoms with E-state index in [0.717, 1.165) is 31.6 Å². The van der Waals surface area contributed by atoms with Gasteiger partial charge in [0.1, 0.15) is 5.75 Å². The van der Waals surface area contributed by atoms with Crippen LogP contribution in [0.1, 0.15) is 36.9 Å². The van der Waals surface area contributed by atoms with Crippen LogP contribution in [0.15, 0.2) is 18.2 Å². The van der Waals surface area contributed by atoms with Gasteiger partial charge < -0.3 is 15.4 Å². The van der Waals surface area contributed by atoms with E-state index in [1.807, 2.05) is 6.07 Å². The topological polar surface area (TPSA) is 50.4 Å². The first-order chi connectivity index (χ1) is 9.24. The lowest BCUT2D eigenvalue weighted by atomic mass is 10.1. The Bertz CT molecular complexity index is 446. The van der Waals surface area contributed by atoms with Crippen LogP contribution in [0.2, 0.25) is 0 Å². The highest BCUT2D eigenvalue weighted by Crippen LogP contribution is 2.33. The molecule has 0 saturated carbocycles. The van der Waals surface area contributed by atoms with E-state index >= 15 is 0 Å². The first-order valence-corrected chi connectivity index (χ1v) is 6.94. The van der Waals surface area contributed by atoms with Gasteiger partial charge in [-0.2, -0.15) is 0 Å². The molecule has 4 nitrogen and oxygen atoms in total. The number of aryl methyl sites for hydroxylation is 1. The van der Waals surface area contributed by atoms with Crippen LogP contribution in [0, 0.1) is 0 Å². The summed E-state index contributed by atoms with van der Waals surface area (Å²) in [6, 6.07) is 6.61. The molecule has 0 aliphatic heterocycles. The second-order valence-corrected chi connectivity index (χ2v) is 4.87. The molecule has 2 rings (SSSR count). The number of benzene rings is 1. The summed E-state index contributed by atoms with van der Waals surface area (Å²) in [6.07, 6.45) is 3.38. The molecule has 1 unspecified atom stereocenters. The van der Waals surface area contributed by atoms with Gasteiger partial charge in [-0.05, 0) is 49.1 Å². The van der Waals surface area contributed by atoms with Gasteiger partial charge >= 0.3 is 0 Å². The van der Waals surface area contributed by atoms with Gasteiger partial charge in [-0.25, -0.2) is 0 Å². The summed E-state index contributed by atoms with van der Waals surface area (Å²) in [6.45, 7) is 3.31. The standard InChI is InChI=1S/C15H22N2O2/c1-3-8-17-14-7-4-11-9-12(5-6-13(11)14)19-10-15(18)16-2/h5-6,9,14,17H,3-4,7-8,10H2,1-2H3,(H,16,18). The maximum absolute atomic E-state index is 11.1. The fourth-order valence-electron chi connectivity index (χ4n) is 2.44. The number of ether oxygens (including phenoxy) is 1. The van der Waals surface area contributed by atoms with E-state index in [4.69, 9.17) is 4.74 Å². The summed E-state index contributed by atoms with van der Waals surface area (Å²) in [5.41, 5.74) is 2.71. The van der Waals surface area contributed by atoms with E-state index in [2.05, 4.69) is 29.7 Å². The highest BCUT2D eigenvalue weighted by Gasteiger charge is 2.22. The molecule has 1 aliphatic rings. The molecule has 0 aromatic heterocycles. The number of nitrogens with one attached hydrogen (secondary N) is 2. The average Bonchev–Trinajstić information content (AvgIpc) is 2.84. The van der Waals surface area contributed by atoms with Crippen molar-refractivity contribution in [2.75, 3.05) is 20.2 Å². The van der Waals surface area contributed by atoms with E-state index in [1.165, 1.54) is 11.1 Å². The monoisotopic (exact) mass is 262 g/mol. The lowest BCUT2D eigenvalue weighted by molar-refractivity contribution is -0.122. The van der Waals surface area contributed by atoms with E-state index in [9.17, 15) is 4.79 Å². The third-order valence-corrected chi connectivity index (χ3v) is 3.48. The molecular formula is C15H22N2O2. The van der Waals surface area contributed by atoms with Crippen molar-refractivity contribution >= 4 is 5.91 Å². The van der Waals surface area contributed by atoms with E-state index < -0.39 is 0 Å². The molecule has 1 aromatic rings. The van der Waals surface area contributed by atoms with Gasteiger partial charge in [-0.3, -0.25) is 4.79 Å². The summed E-state index contributed by atoms with van der Waals surface area (Å²) < 4.78 is 5.47. The van der Waals surface area contributed by atoms with E-state index in [1.54, 1.807) is 7.05 Å². The maximum atomic E-state index is 11.1. The Morgan fingerprint density at radius 3 is 3.05 bits per heavy atom. The molecule has 104 valence electrons. The summed E-state index contributed by atoms with van der Waals surface area (Å²) in [5, 5.41) is 6.11. The predicted molar refractivity (Wildman–Crippen MR) is 75.4 cm³/mol. The van der Waals surface area contributed by atoms with Crippen LogP contribution < -0.4 is 15.4 Å². The summed E-state index contributed by atoms with van der Waals surface area (Å²) in [4.78, 5) is 11.1. The first kappa shape index (κ1) is 13.9. The minimum absolute atomic E-state index is 0.0762. The number of carbonyl (C=O) groups is 1. The number of carbonyl (C=O) groups excluding carboxylic acids is 1. The number of amides is 1. The van der Waals surface area contributed by atoms with Crippen molar-refractivity contribution in [3.05, 3.63) is 29.3 Å². The predicted octanol–water partition coefficient (Wildman–Crippen LogP) is 1.80. The van der Waals surface area contributed by atoms with Gasteiger partial charge in [0.05, 0.1) is 0 Å². The third kappa shape index (κ3) is 3.47. The van der Waals surface area contributed by atoms with Gasteiger partial charge in [0.2, 0.25) is 0 Å². The molecule has 0 fully saturated rings. The normalized spacial score (nSPS) is 17.1. The van der Waals surface area contributed by atoms with Crippen LogP contribution in [0.4, 0.5) is 0 Å². The van der Waals surface area contributed by atoms with Crippen LogP contribution in [-0.4, -0.2) is 26.1 Å². The van der Waals surface area contributed by atoms with Gasteiger partial charge in [-0.15, -0.1) is 0 Å². The minimum Gasteiger partial charge on any atom is -0.484 e. The van der Waals surface area contributed by atoms with Gasteiger partial charge in [0.25, 0.3) is 5.91 Å². The molecule has 4 heteroatoms. The quantitative estimate of drug-likeness (QED) is 0.822. The first-order valence-electron chi connectivity index (χ1n) is 6.94. The SMILES string of the molecule is CCCNC1CCc2cc(OCC(=O)NC)ccc21. The largest absolute Gasteiger partial charge is 0.484 e. The van der Waals surface area contributed by atoms with E-state index in [-0.39, 0.29) is 12.5 Å². The molecule has 0 spiro atoms. The van der Waals surface area contributed by atoms with Crippen LogP contribution in [0.3, 0.4) is 0 Å². The molecular weight excluding hydrogens is 240 g/mol. The summed E-state index contributed by atoms with van der Waals surface area (Å²) in [7, 11) is 1.61. The van der Waals surface area contributed by atoms with Crippen molar-refractivity contribution in [1.82, 2.24) is 10.6 Å². The number of hydrogen-bond acceptors (Lipinski definition) is 3. The highest BCUT2D eigenvalue weighted by atomic mass is 16.5. The molecule has 19 heavy (non-hydrogen) atoms. The molecule has 0 bridgehead atoms. The van der Waals surface area contributed by atoms with Crippen LogP contribution in [-0.2, 0) is 11.2 Å². The van der Waals surface area contributed by atoms with Crippen molar-refractivity contribution < 1.29 is 9.53 Å². The highest BCUT2D eigenvalue weighted by molar-refractivity contribution is 5.77. The molecule has 0 heterocycles. The smallest absolute Gasteiger partial charge is 0.257 e. The van der Waals surface area contributed by atoms with Crippen molar-refractivity contribution in [1.29, 1.82) is 0 Å². The number of likely N-dealkylation sites (N-methyl/N-ethyl adjacent to an activating group) is 1. The van der Waals surface area contributed by atoms with Crippen molar-refractivity contribution in [3.63, 3.8) is 0 Å². The number of hydrogen-bond donors (Lipinski definition) is 2. The number of fused-ring (bicyclic) bond motifs is 1. The second kappa shape index (κ2) is 6.57. The second-order valence-electron chi connectivity index (χ2n) is 4.87. The van der Waals surface area contributed by atoms with Gasteiger partial charge in [-0.1, -0.05) is 13.0 Å². The van der Waals surface area contributed by atoms with Crippen LogP contribution in [0.5, 0.6) is 5.75 Å². The fourth-order valence-corrected chi connectivity index (χ4v) is 2.44. The fraction of sp³-hybridized carbons (Fsp3) is 0.533.